The number of rotatable bonds is 9. The van der Waals surface area contributed by atoms with Crippen molar-refractivity contribution in [1.29, 1.82) is 0 Å². The van der Waals surface area contributed by atoms with Crippen LogP contribution in [-0.2, 0) is 4.79 Å². The standard InChI is InChI=1S/C28H35FN6O2/c1-34(2)16-6-9-24(36)35-17-14-28(29,15-18-35)19-31-27-25(26(30)32-20-33-27)21-10-12-23(13-11-21)37-22-7-4-3-5-8-22/h3-7,9-13,20,22H,8,14-19H2,1-2H3,(H3,30,31,32,33)/b9-6+. The van der Waals surface area contributed by atoms with Crippen molar-refractivity contribution in [1.82, 2.24) is 19.8 Å². The van der Waals surface area contributed by atoms with Crippen LogP contribution in [0.2, 0.25) is 0 Å². The Labute approximate surface area is 217 Å². The van der Waals surface area contributed by atoms with Gasteiger partial charge >= 0.3 is 0 Å². The number of likely N-dealkylation sites (tertiary alicyclic amines) is 1. The number of nitrogen functional groups attached to an aromatic ring is 1. The predicted molar refractivity (Wildman–Crippen MR) is 145 cm³/mol. The molecule has 9 heteroatoms. The van der Waals surface area contributed by atoms with Crippen molar-refractivity contribution in [3.05, 3.63) is 67.0 Å². The van der Waals surface area contributed by atoms with Gasteiger partial charge in [0.1, 0.15) is 35.5 Å². The maximum atomic E-state index is 15.6. The molecule has 1 aliphatic heterocycles. The number of hydrogen-bond acceptors (Lipinski definition) is 7. The third kappa shape index (κ3) is 7.16. The number of likely N-dealkylation sites (N-methyl/N-ethyl adjacent to an activating group) is 1. The zero-order valence-electron chi connectivity index (χ0n) is 21.4. The molecule has 1 saturated heterocycles. The zero-order chi connectivity index (χ0) is 26.3. The first-order valence-electron chi connectivity index (χ1n) is 12.6. The Morgan fingerprint density at radius 3 is 2.68 bits per heavy atom. The van der Waals surface area contributed by atoms with E-state index in [9.17, 15) is 4.79 Å². The number of amides is 1. The van der Waals surface area contributed by atoms with E-state index in [-0.39, 0.29) is 31.4 Å². The second-order valence-corrected chi connectivity index (χ2v) is 9.71. The van der Waals surface area contributed by atoms with Gasteiger partial charge in [-0.25, -0.2) is 14.4 Å². The van der Waals surface area contributed by atoms with Gasteiger partial charge in [0.2, 0.25) is 5.91 Å². The molecule has 196 valence electrons. The van der Waals surface area contributed by atoms with Crippen molar-refractivity contribution in [2.45, 2.75) is 31.0 Å². The molecule has 1 aromatic heterocycles. The molecule has 0 spiro atoms. The molecule has 1 atom stereocenters. The Bertz CT molecular complexity index is 1150. The quantitative estimate of drug-likeness (QED) is 0.499. The summed E-state index contributed by atoms with van der Waals surface area (Å²) >= 11 is 0. The number of nitrogens with two attached hydrogens (primary N) is 1. The largest absolute Gasteiger partial charge is 0.486 e. The second-order valence-electron chi connectivity index (χ2n) is 9.71. The van der Waals surface area contributed by atoms with Crippen LogP contribution in [0.4, 0.5) is 16.0 Å². The van der Waals surface area contributed by atoms with Crippen LogP contribution < -0.4 is 15.8 Å². The summed E-state index contributed by atoms with van der Waals surface area (Å²) in [6.07, 6.45) is 14.2. The van der Waals surface area contributed by atoms with Crippen LogP contribution in [0, 0.1) is 0 Å². The number of carbonyl (C=O) groups excluding carboxylic acids is 1. The number of anilines is 2. The van der Waals surface area contributed by atoms with Gasteiger partial charge in [-0.1, -0.05) is 36.4 Å². The monoisotopic (exact) mass is 506 g/mol. The summed E-state index contributed by atoms with van der Waals surface area (Å²) in [6, 6.07) is 7.57. The topological polar surface area (TPSA) is 96.6 Å². The molecule has 1 unspecified atom stereocenters. The highest BCUT2D eigenvalue weighted by Gasteiger charge is 2.35. The third-order valence-corrected chi connectivity index (χ3v) is 6.52. The van der Waals surface area contributed by atoms with Crippen molar-refractivity contribution >= 4 is 17.5 Å². The van der Waals surface area contributed by atoms with Gasteiger partial charge in [0, 0.05) is 45.0 Å². The number of nitrogens with zero attached hydrogens (tertiary/aromatic N) is 4. The molecule has 0 bridgehead atoms. The Morgan fingerprint density at radius 2 is 2.00 bits per heavy atom. The number of piperidine rings is 1. The molecular weight excluding hydrogens is 471 g/mol. The average molecular weight is 507 g/mol. The lowest BCUT2D eigenvalue weighted by atomic mass is 9.93. The van der Waals surface area contributed by atoms with E-state index in [0.29, 0.717) is 36.8 Å². The number of halogens is 1. The van der Waals surface area contributed by atoms with Crippen molar-refractivity contribution in [2.24, 2.45) is 0 Å². The fraction of sp³-hybridized carbons (Fsp3) is 0.393. The lowest BCUT2D eigenvalue weighted by Crippen LogP contribution is -2.47. The van der Waals surface area contributed by atoms with Crippen LogP contribution >= 0.6 is 0 Å². The number of hydrogen-bond donors (Lipinski definition) is 2. The summed E-state index contributed by atoms with van der Waals surface area (Å²) in [4.78, 5) is 24.5. The van der Waals surface area contributed by atoms with Gasteiger partial charge < -0.3 is 25.6 Å². The van der Waals surface area contributed by atoms with Crippen molar-refractivity contribution in [2.75, 3.05) is 51.3 Å². The van der Waals surface area contributed by atoms with E-state index in [4.69, 9.17) is 10.5 Å². The molecule has 37 heavy (non-hydrogen) atoms. The van der Waals surface area contributed by atoms with Crippen LogP contribution in [0.5, 0.6) is 5.75 Å². The number of alkyl halides is 1. The Kier molecular flexibility index (Phi) is 8.55. The molecule has 8 nitrogen and oxygen atoms in total. The maximum absolute atomic E-state index is 15.6. The normalized spacial score (nSPS) is 18.9. The molecule has 3 N–H and O–H groups in total. The van der Waals surface area contributed by atoms with E-state index in [2.05, 4.69) is 21.4 Å². The number of ether oxygens (including phenoxy) is 1. The van der Waals surface area contributed by atoms with Gasteiger partial charge in [0.25, 0.3) is 0 Å². The van der Waals surface area contributed by atoms with Crippen LogP contribution in [-0.4, -0.2) is 77.7 Å². The Balaban J connectivity index is 1.37. The van der Waals surface area contributed by atoms with Gasteiger partial charge in [-0.3, -0.25) is 4.79 Å². The summed E-state index contributed by atoms with van der Waals surface area (Å²) in [7, 11) is 3.88. The highest BCUT2D eigenvalue weighted by atomic mass is 19.1. The Hall–Kier alpha value is -3.72. The number of nitrogens with one attached hydrogen (secondary N) is 1. The fourth-order valence-corrected chi connectivity index (χ4v) is 4.35. The molecule has 0 radical (unpaired) electrons. The molecule has 0 saturated carbocycles. The minimum Gasteiger partial charge on any atom is -0.486 e. The number of allylic oxidation sites excluding steroid dienone is 2. The highest BCUT2D eigenvalue weighted by Crippen LogP contribution is 2.34. The van der Waals surface area contributed by atoms with E-state index >= 15 is 4.39 Å². The smallest absolute Gasteiger partial charge is 0.246 e. The highest BCUT2D eigenvalue weighted by molar-refractivity contribution is 5.87. The zero-order valence-corrected chi connectivity index (χ0v) is 21.4. The molecule has 2 aliphatic rings. The number of carbonyl (C=O) groups is 1. The van der Waals surface area contributed by atoms with Gasteiger partial charge in [0.15, 0.2) is 0 Å². The predicted octanol–water partition coefficient (Wildman–Crippen LogP) is 3.85. The average Bonchev–Trinajstić information content (AvgIpc) is 2.89. The molecule has 4 rings (SSSR count). The van der Waals surface area contributed by atoms with E-state index < -0.39 is 5.67 Å². The van der Waals surface area contributed by atoms with Crippen molar-refractivity contribution in [3.8, 4) is 16.9 Å². The summed E-state index contributed by atoms with van der Waals surface area (Å²) in [5.74, 6) is 1.46. The van der Waals surface area contributed by atoms with Crippen LogP contribution in [0.3, 0.4) is 0 Å². The number of aromatic nitrogens is 2. The summed E-state index contributed by atoms with van der Waals surface area (Å²) < 4.78 is 21.6. The summed E-state index contributed by atoms with van der Waals surface area (Å²) in [5.41, 5.74) is 6.18. The summed E-state index contributed by atoms with van der Waals surface area (Å²) in [6.45, 7) is 1.49. The first kappa shape index (κ1) is 26.3. The molecular formula is C28H35FN6O2. The molecule has 2 heterocycles. The lowest BCUT2D eigenvalue weighted by Gasteiger charge is -2.36. The fourth-order valence-electron chi connectivity index (χ4n) is 4.35. The molecule has 1 fully saturated rings. The van der Waals surface area contributed by atoms with E-state index in [1.54, 1.807) is 11.0 Å². The van der Waals surface area contributed by atoms with Gasteiger partial charge in [-0.15, -0.1) is 0 Å². The molecule has 1 amide bonds. The van der Waals surface area contributed by atoms with Gasteiger partial charge in [0.05, 0.1) is 12.1 Å². The third-order valence-electron chi connectivity index (χ3n) is 6.52. The van der Waals surface area contributed by atoms with Gasteiger partial charge in [-0.2, -0.15) is 0 Å². The molecule has 2 aromatic rings. The van der Waals surface area contributed by atoms with Crippen molar-refractivity contribution in [3.63, 3.8) is 0 Å². The van der Waals surface area contributed by atoms with Crippen LogP contribution in [0.25, 0.3) is 11.1 Å². The maximum Gasteiger partial charge on any atom is 0.246 e. The van der Waals surface area contributed by atoms with E-state index in [1.165, 1.54) is 6.33 Å². The minimum atomic E-state index is -1.46. The lowest BCUT2D eigenvalue weighted by molar-refractivity contribution is -0.128. The first-order valence-corrected chi connectivity index (χ1v) is 12.6. The summed E-state index contributed by atoms with van der Waals surface area (Å²) in [5, 5.41) is 3.16. The second kappa shape index (κ2) is 12.0. The van der Waals surface area contributed by atoms with Crippen LogP contribution in [0.15, 0.2) is 67.0 Å². The first-order chi connectivity index (χ1) is 17.8. The van der Waals surface area contributed by atoms with Crippen molar-refractivity contribution < 1.29 is 13.9 Å². The van der Waals surface area contributed by atoms with Crippen LogP contribution in [0.1, 0.15) is 19.3 Å². The van der Waals surface area contributed by atoms with E-state index in [1.807, 2.05) is 67.6 Å². The van der Waals surface area contributed by atoms with Gasteiger partial charge in [-0.05, 0) is 37.9 Å². The Morgan fingerprint density at radius 1 is 1.24 bits per heavy atom. The van der Waals surface area contributed by atoms with E-state index in [0.717, 1.165) is 17.7 Å². The molecule has 1 aromatic carbocycles. The SMILES string of the molecule is CN(C)C/C=C/C(=O)N1CCC(F)(CNc2ncnc(N)c2-c2ccc(OC3C=CC=CC3)cc2)CC1. The minimum absolute atomic E-state index is 0.00901. The molecule has 1 aliphatic carbocycles. The number of benzene rings is 1.